The predicted octanol–water partition coefficient (Wildman–Crippen LogP) is 1.70. The van der Waals surface area contributed by atoms with Gasteiger partial charge in [-0.2, -0.15) is 0 Å². The standard InChI is InChI=1S/C15H32N2O2/c1-4-15-6-5-7-17(14-15)9-8-16(10-12-18-2)11-13-19-3/h15H,4-14H2,1-3H3/t15-/m0/s1. The highest BCUT2D eigenvalue weighted by molar-refractivity contribution is 4.73. The molecule has 4 heteroatoms. The van der Waals surface area contributed by atoms with Crippen LogP contribution in [0, 0.1) is 5.92 Å². The second kappa shape index (κ2) is 10.6. The van der Waals surface area contributed by atoms with Crippen LogP contribution >= 0.6 is 0 Å². The molecule has 1 saturated heterocycles. The Balaban J connectivity index is 2.24. The Morgan fingerprint density at radius 2 is 1.79 bits per heavy atom. The maximum absolute atomic E-state index is 5.18. The third-order valence-electron chi connectivity index (χ3n) is 4.14. The molecule has 1 atom stereocenters. The highest BCUT2D eigenvalue weighted by Crippen LogP contribution is 2.18. The van der Waals surface area contributed by atoms with Gasteiger partial charge in [0.2, 0.25) is 0 Å². The Kier molecular flexibility index (Phi) is 9.43. The molecule has 0 aromatic rings. The monoisotopic (exact) mass is 272 g/mol. The summed E-state index contributed by atoms with van der Waals surface area (Å²) in [5, 5.41) is 0. The molecule has 0 radical (unpaired) electrons. The van der Waals surface area contributed by atoms with Crippen molar-refractivity contribution >= 4 is 0 Å². The third kappa shape index (κ3) is 7.25. The average Bonchev–Trinajstić information content (AvgIpc) is 2.46. The van der Waals surface area contributed by atoms with Crippen LogP contribution in [0.3, 0.4) is 0 Å². The van der Waals surface area contributed by atoms with E-state index in [1.54, 1.807) is 14.2 Å². The molecule has 0 aliphatic carbocycles. The van der Waals surface area contributed by atoms with Crippen LogP contribution in [0.25, 0.3) is 0 Å². The van der Waals surface area contributed by atoms with Gasteiger partial charge in [0.15, 0.2) is 0 Å². The van der Waals surface area contributed by atoms with E-state index in [0.717, 1.165) is 38.8 Å². The van der Waals surface area contributed by atoms with Crippen LogP contribution in [0.5, 0.6) is 0 Å². The summed E-state index contributed by atoms with van der Waals surface area (Å²) in [5.41, 5.74) is 0. The molecule has 19 heavy (non-hydrogen) atoms. The van der Waals surface area contributed by atoms with E-state index in [2.05, 4.69) is 16.7 Å². The highest BCUT2D eigenvalue weighted by atomic mass is 16.5. The topological polar surface area (TPSA) is 24.9 Å². The summed E-state index contributed by atoms with van der Waals surface area (Å²) in [7, 11) is 3.54. The van der Waals surface area contributed by atoms with Gasteiger partial charge in [0, 0.05) is 46.9 Å². The minimum atomic E-state index is 0.807. The van der Waals surface area contributed by atoms with Crippen molar-refractivity contribution in [2.75, 3.05) is 66.7 Å². The number of likely N-dealkylation sites (tertiary alicyclic amines) is 1. The van der Waals surface area contributed by atoms with Gasteiger partial charge in [-0.25, -0.2) is 0 Å². The molecule has 0 saturated carbocycles. The number of piperidine rings is 1. The Hall–Kier alpha value is -0.160. The molecular formula is C15H32N2O2. The van der Waals surface area contributed by atoms with Gasteiger partial charge in [0.1, 0.15) is 0 Å². The summed E-state index contributed by atoms with van der Waals surface area (Å²) >= 11 is 0. The number of hydrogen-bond donors (Lipinski definition) is 0. The summed E-state index contributed by atoms with van der Waals surface area (Å²) in [4.78, 5) is 5.08. The molecule has 1 aliphatic heterocycles. The number of ether oxygens (including phenoxy) is 2. The van der Waals surface area contributed by atoms with E-state index in [0.29, 0.717) is 0 Å². The lowest BCUT2D eigenvalue weighted by Gasteiger charge is -2.34. The molecule has 1 fully saturated rings. The molecule has 0 amide bonds. The predicted molar refractivity (Wildman–Crippen MR) is 79.6 cm³/mol. The first kappa shape index (κ1) is 16.9. The van der Waals surface area contributed by atoms with E-state index >= 15 is 0 Å². The van der Waals surface area contributed by atoms with E-state index in [-0.39, 0.29) is 0 Å². The lowest BCUT2D eigenvalue weighted by atomic mass is 9.96. The Bertz CT molecular complexity index is 206. The molecule has 0 bridgehead atoms. The quantitative estimate of drug-likeness (QED) is 0.604. The molecule has 114 valence electrons. The van der Waals surface area contributed by atoms with Gasteiger partial charge in [0.05, 0.1) is 13.2 Å². The fourth-order valence-electron chi connectivity index (χ4n) is 2.75. The molecule has 1 rings (SSSR count). The van der Waals surface area contributed by atoms with E-state index in [1.807, 2.05) is 0 Å². The second-order valence-corrected chi connectivity index (χ2v) is 5.54. The average molecular weight is 272 g/mol. The fourth-order valence-corrected chi connectivity index (χ4v) is 2.75. The molecule has 0 aromatic heterocycles. The SMILES string of the molecule is CC[C@H]1CCCN(CCN(CCOC)CCOC)C1. The molecule has 4 nitrogen and oxygen atoms in total. The van der Waals surface area contributed by atoms with Gasteiger partial charge < -0.3 is 14.4 Å². The highest BCUT2D eigenvalue weighted by Gasteiger charge is 2.18. The van der Waals surface area contributed by atoms with Crippen molar-refractivity contribution in [3.05, 3.63) is 0 Å². The fraction of sp³-hybridized carbons (Fsp3) is 1.00. The smallest absolute Gasteiger partial charge is 0.0589 e. The summed E-state index contributed by atoms with van der Waals surface area (Å²) in [6, 6.07) is 0. The van der Waals surface area contributed by atoms with E-state index in [1.165, 1.54) is 38.9 Å². The van der Waals surface area contributed by atoms with Gasteiger partial charge in [-0.05, 0) is 25.3 Å². The molecule has 0 unspecified atom stereocenters. The molecule has 0 N–H and O–H groups in total. The Morgan fingerprint density at radius 3 is 2.37 bits per heavy atom. The molecular weight excluding hydrogens is 240 g/mol. The largest absolute Gasteiger partial charge is 0.383 e. The summed E-state index contributed by atoms with van der Waals surface area (Å²) in [6.07, 6.45) is 4.12. The van der Waals surface area contributed by atoms with Crippen molar-refractivity contribution in [2.24, 2.45) is 5.92 Å². The van der Waals surface area contributed by atoms with Gasteiger partial charge >= 0.3 is 0 Å². The zero-order valence-corrected chi connectivity index (χ0v) is 13.1. The zero-order valence-electron chi connectivity index (χ0n) is 13.1. The minimum Gasteiger partial charge on any atom is -0.383 e. The maximum Gasteiger partial charge on any atom is 0.0589 e. The molecule has 0 aromatic carbocycles. The zero-order chi connectivity index (χ0) is 13.9. The first-order valence-electron chi connectivity index (χ1n) is 7.72. The number of nitrogens with zero attached hydrogens (tertiary/aromatic N) is 2. The molecule has 0 spiro atoms. The van der Waals surface area contributed by atoms with Crippen LogP contribution in [0.1, 0.15) is 26.2 Å². The minimum absolute atomic E-state index is 0.807. The van der Waals surface area contributed by atoms with Gasteiger partial charge in [-0.1, -0.05) is 13.3 Å². The Morgan fingerprint density at radius 1 is 1.11 bits per heavy atom. The first-order chi connectivity index (χ1) is 9.30. The van der Waals surface area contributed by atoms with E-state index in [4.69, 9.17) is 9.47 Å². The summed E-state index contributed by atoms with van der Waals surface area (Å²) < 4.78 is 10.4. The Labute approximate surface area is 119 Å². The maximum atomic E-state index is 5.18. The van der Waals surface area contributed by atoms with Crippen molar-refractivity contribution in [3.8, 4) is 0 Å². The third-order valence-corrected chi connectivity index (χ3v) is 4.14. The normalized spacial score (nSPS) is 21.2. The number of methoxy groups -OCH3 is 2. The first-order valence-corrected chi connectivity index (χ1v) is 7.72. The van der Waals surface area contributed by atoms with Gasteiger partial charge in [0.25, 0.3) is 0 Å². The van der Waals surface area contributed by atoms with Crippen molar-refractivity contribution in [3.63, 3.8) is 0 Å². The van der Waals surface area contributed by atoms with Crippen LogP contribution in [-0.2, 0) is 9.47 Å². The molecule has 1 heterocycles. The number of rotatable bonds is 10. The van der Waals surface area contributed by atoms with Crippen LogP contribution in [0.15, 0.2) is 0 Å². The van der Waals surface area contributed by atoms with E-state index in [9.17, 15) is 0 Å². The lowest BCUT2D eigenvalue weighted by Crippen LogP contribution is -2.42. The summed E-state index contributed by atoms with van der Waals surface area (Å²) in [5.74, 6) is 0.917. The van der Waals surface area contributed by atoms with Gasteiger partial charge in [-0.15, -0.1) is 0 Å². The van der Waals surface area contributed by atoms with Crippen LogP contribution in [-0.4, -0.2) is 76.5 Å². The molecule has 1 aliphatic rings. The van der Waals surface area contributed by atoms with Crippen molar-refractivity contribution in [1.29, 1.82) is 0 Å². The van der Waals surface area contributed by atoms with E-state index < -0.39 is 0 Å². The van der Waals surface area contributed by atoms with Gasteiger partial charge in [-0.3, -0.25) is 4.90 Å². The van der Waals surface area contributed by atoms with Crippen molar-refractivity contribution in [1.82, 2.24) is 9.80 Å². The lowest BCUT2D eigenvalue weighted by molar-refractivity contribution is 0.0959. The van der Waals surface area contributed by atoms with Crippen molar-refractivity contribution in [2.45, 2.75) is 26.2 Å². The number of hydrogen-bond acceptors (Lipinski definition) is 4. The van der Waals surface area contributed by atoms with Crippen LogP contribution < -0.4 is 0 Å². The van der Waals surface area contributed by atoms with Crippen molar-refractivity contribution < 1.29 is 9.47 Å². The van der Waals surface area contributed by atoms with Crippen LogP contribution in [0.2, 0.25) is 0 Å². The van der Waals surface area contributed by atoms with Crippen LogP contribution in [0.4, 0.5) is 0 Å². The second-order valence-electron chi connectivity index (χ2n) is 5.54. The summed E-state index contributed by atoms with van der Waals surface area (Å²) in [6.45, 7) is 10.8.